The lowest BCUT2D eigenvalue weighted by Crippen LogP contribution is -2.24. The van der Waals surface area contributed by atoms with Gasteiger partial charge in [0.1, 0.15) is 17.6 Å². The van der Waals surface area contributed by atoms with E-state index in [4.69, 9.17) is 32.7 Å². The van der Waals surface area contributed by atoms with E-state index in [0.29, 0.717) is 33.0 Å². The van der Waals surface area contributed by atoms with Gasteiger partial charge in [0.25, 0.3) is 5.91 Å². The third-order valence-electron chi connectivity index (χ3n) is 5.05. The zero-order chi connectivity index (χ0) is 22.8. The lowest BCUT2D eigenvalue weighted by molar-refractivity contribution is -0.123. The van der Waals surface area contributed by atoms with Crippen LogP contribution >= 0.6 is 23.2 Å². The molecule has 3 aromatic rings. The first-order chi connectivity index (χ1) is 15.4. The third-order valence-corrected chi connectivity index (χ3v) is 5.54. The van der Waals surface area contributed by atoms with Crippen molar-refractivity contribution >= 4 is 46.5 Å². The first kappa shape index (κ1) is 22.1. The fraction of sp³-hybridized carbons (Fsp3) is 0.227. The number of amides is 2. The van der Waals surface area contributed by atoms with Crippen molar-refractivity contribution in [3.63, 3.8) is 0 Å². The Morgan fingerprint density at radius 1 is 1.16 bits per heavy atom. The van der Waals surface area contributed by atoms with Crippen molar-refractivity contribution in [1.29, 1.82) is 0 Å². The predicted molar refractivity (Wildman–Crippen MR) is 122 cm³/mol. The van der Waals surface area contributed by atoms with E-state index in [1.807, 2.05) is 12.1 Å². The minimum absolute atomic E-state index is 0.122. The highest BCUT2D eigenvalue weighted by Crippen LogP contribution is 2.39. The number of benzene rings is 2. The van der Waals surface area contributed by atoms with Crippen molar-refractivity contribution in [3.05, 3.63) is 58.2 Å². The molecule has 2 amide bonds. The number of halogens is 2. The average molecular weight is 475 g/mol. The number of aromatic nitrogens is 2. The van der Waals surface area contributed by atoms with E-state index in [1.165, 1.54) is 11.8 Å². The van der Waals surface area contributed by atoms with Gasteiger partial charge in [0.15, 0.2) is 0 Å². The van der Waals surface area contributed by atoms with Gasteiger partial charge in [-0.25, -0.2) is 4.68 Å². The third kappa shape index (κ3) is 4.29. The number of fused-ring (bicyclic) bond motifs is 1. The van der Waals surface area contributed by atoms with E-state index < -0.39 is 6.04 Å². The second-order valence-electron chi connectivity index (χ2n) is 7.16. The Hall–Kier alpha value is -3.07. The fourth-order valence-electron chi connectivity index (χ4n) is 3.63. The maximum absolute atomic E-state index is 12.8. The van der Waals surface area contributed by atoms with E-state index in [0.717, 1.165) is 11.1 Å². The van der Waals surface area contributed by atoms with Crippen molar-refractivity contribution in [2.75, 3.05) is 24.9 Å². The number of anilines is 2. The molecule has 10 heteroatoms. The Bertz CT molecular complexity index is 1180. The van der Waals surface area contributed by atoms with Crippen LogP contribution in [0.15, 0.2) is 42.5 Å². The molecule has 0 bridgehead atoms. The highest BCUT2D eigenvalue weighted by molar-refractivity contribution is 6.31. The van der Waals surface area contributed by atoms with Gasteiger partial charge in [0, 0.05) is 22.7 Å². The number of rotatable bonds is 7. The monoisotopic (exact) mass is 474 g/mol. The molecule has 8 nitrogen and oxygen atoms in total. The molecule has 0 fully saturated rings. The number of ether oxygens (including phenoxy) is 2. The molecule has 0 spiro atoms. The van der Waals surface area contributed by atoms with Crippen molar-refractivity contribution in [1.82, 2.24) is 9.78 Å². The Balaban J connectivity index is 1.62. The maximum Gasteiger partial charge on any atom is 0.251 e. The summed E-state index contributed by atoms with van der Waals surface area (Å²) in [6.45, 7) is 0.243. The standard InChI is InChI=1S/C22H20Cl2N4O4/c1-31-11-16-20(12-3-5-13(23)6-4-12)21-26-22(30)17(28(21)27-16)10-19(29)25-15-9-14(24)7-8-18(15)32-2/h3-9,17H,10-11H2,1-2H3,(H,25,29)(H,26,30). The van der Waals surface area contributed by atoms with Crippen LogP contribution in [-0.2, 0) is 20.9 Å². The van der Waals surface area contributed by atoms with E-state index in [2.05, 4.69) is 15.7 Å². The quantitative estimate of drug-likeness (QED) is 0.524. The summed E-state index contributed by atoms with van der Waals surface area (Å²) < 4.78 is 12.1. The van der Waals surface area contributed by atoms with Crippen LogP contribution in [0.5, 0.6) is 5.75 Å². The van der Waals surface area contributed by atoms with Gasteiger partial charge < -0.3 is 20.1 Å². The molecule has 0 radical (unpaired) electrons. The number of carbonyl (C=O) groups excluding carboxylic acids is 2. The molecule has 1 aliphatic heterocycles. The predicted octanol–water partition coefficient (Wildman–Crippen LogP) is 4.53. The first-order valence-electron chi connectivity index (χ1n) is 9.71. The van der Waals surface area contributed by atoms with Gasteiger partial charge in [-0.15, -0.1) is 0 Å². The normalized spacial score (nSPS) is 14.8. The summed E-state index contributed by atoms with van der Waals surface area (Å²) in [5, 5.41) is 11.2. The lowest BCUT2D eigenvalue weighted by Gasteiger charge is -2.13. The largest absolute Gasteiger partial charge is 0.495 e. The molecule has 0 saturated heterocycles. The van der Waals surface area contributed by atoms with Crippen LogP contribution in [0.2, 0.25) is 10.0 Å². The summed E-state index contributed by atoms with van der Waals surface area (Å²) >= 11 is 12.0. The Morgan fingerprint density at radius 2 is 1.88 bits per heavy atom. The topological polar surface area (TPSA) is 94.5 Å². The molecule has 166 valence electrons. The van der Waals surface area contributed by atoms with Gasteiger partial charge in [0.2, 0.25) is 5.91 Å². The van der Waals surface area contributed by atoms with Crippen LogP contribution in [0.1, 0.15) is 18.2 Å². The van der Waals surface area contributed by atoms with Crippen LogP contribution in [0.25, 0.3) is 11.1 Å². The Labute approximate surface area is 194 Å². The number of methoxy groups -OCH3 is 2. The summed E-state index contributed by atoms with van der Waals surface area (Å²) in [5.41, 5.74) is 2.63. The van der Waals surface area contributed by atoms with Gasteiger partial charge >= 0.3 is 0 Å². The summed E-state index contributed by atoms with van der Waals surface area (Å²) in [5.74, 6) is 0.281. The molecule has 4 rings (SSSR count). The maximum atomic E-state index is 12.8. The second kappa shape index (κ2) is 9.20. The summed E-state index contributed by atoms with van der Waals surface area (Å²) in [7, 11) is 3.06. The van der Waals surface area contributed by atoms with Crippen molar-refractivity contribution in [2.24, 2.45) is 0 Å². The number of nitrogens with zero attached hydrogens (tertiary/aromatic N) is 2. The van der Waals surface area contributed by atoms with Crippen LogP contribution in [0.4, 0.5) is 11.5 Å². The van der Waals surface area contributed by atoms with Crippen molar-refractivity contribution < 1.29 is 19.1 Å². The molecule has 2 N–H and O–H groups in total. The molecule has 2 heterocycles. The van der Waals surface area contributed by atoms with Crippen molar-refractivity contribution in [3.8, 4) is 16.9 Å². The molecule has 1 aliphatic rings. The highest BCUT2D eigenvalue weighted by atomic mass is 35.5. The molecular weight excluding hydrogens is 455 g/mol. The molecule has 32 heavy (non-hydrogen) atoms. The molecule has 2 aromatic carbocycles. The number of nitrogens with one attached hydrogen (secondary N) is 2. The summed E-state index contributed by atoms with van der Waals surface area (Å²) in [6, 6.07) is 11.3. The van der Waals surface area contributed by atoms with Gasteiger partial charge in [-0.3, -0.25) is 9.59 Å². The highest BCUT2D eigenvalue weighted by Gasteiger charge is 2.37. The SMILES string of the molecule is COCc1nn2c(c1-c1ccc(Cl)cc1)NC(=O)C2CC(=O)Nc1cc(Cl)ccc1OC. The first-order valence-corrected chi connectivity index (χ1v) is 10.5. The smallest absolute Gasteiger partial charge is 0.251 e. The molecule has 0 saturated carbocycles. The molecule has 0 aliphatic carbocycles. The van der Waals surface area contributed by atoms with E-state index in [9.17, 15) is 9.59 Å². The van der Waals surface area contributed by atoms with Gasteiger partial charge in [0.05, 0.1) is 31.5 Å². The van der Waals surface area contributed by atoms with Crippen LogP contribution < -0.4 is 15.4 Å². The van der Waals surface area contributed by atoms with Gasteiger partial charge in [-0.1, -0.05) is 35.3 Å². The van der Waals surface area contributed by atoms with Gasteiger partial charge in [-0.05, 0) is 35.9 Å². The summed E-state index contributed by atoms with van der Waals surface area (Å²) in [6.07, 6.45) is -0.122. The average Bonchev–Trinajstić information content (AvgIpc) is 3.24. The minimum atomic E-state index is -0.813. The van der Waals surface area contributed by atoms with Crippen molar-refractivity contribution in [2.45, 2.75) is 19.1 Å². The molecule has 1 unspecified atom stereocenters. The number of hydrogen-bond acceptors (Lipinski definition) is 5. The number of hydrogen-bond donors (Lipinski definition) is 2. The number of carbonyl (C=O) groups is 2. The zero-order valence-corrected chi connectivity index (χ0v) is 18.8. The van der Waals surface area contributed by atoms with Gasteiger partial charge in [-0.2, -0.15) is 5.10 Å². The van der Waals surface area contributed by atoms with E-state index >= 15 is 0 Å². The zero-order valence-electron chi connectivity index (χ0n) is 17.3. The van der Waals surface area contributed by atoms with E-state index in [1.54, 1.807) is 37.4 Å². The minimum Gasteiger partial charge on any atom is -0.495 e. The molecule has 1 atom stereocenters. The van der Waals surface area contributed by atoms with Crippen LogP contribution in [-0.4, -0.2) is 35.8 Å². The Kier molecular flexibility index (Phi) is 6.36. The van der Waals surface area contributed by atoms with Crippen LogP contribution in [0, 0.1) is 0 Å². The Morgan fingerprint density at radius 3 is 2.56 bits per heavy atom. The molecule has 1 aromatic heterocycles. The lowest BCUT2D eigenvalue weighted by atomic mass is 10.1. The molecular formula is C22H20Cl2N4O4. The summed E-state index contributed by atoms with van der Waals surface area (Å²) in [4.78, 5) is 25.5. The fourth-order valence-corrected chi connectivity index (χ4v) is 3.93. The van der Waals surface area contributed by atoms with Crippen LogP contribution in [0.3, 0.4) is 0 Å². The second-order valence-corrected chi connectivity index (χ2v) is 8.03. The van der Waals surface area contributed by atoms with E-state index in [-0.39, 0.29) is 24.8 Å².